The average molecular weight is 450 g/mol. The first-order valence-corrected chi connectivity index (χ1v) is 11.4. The molecule has 168 valence electrons. The normalized spacial score (nSPS) is 17.1. The smallest absolute Gasteiger partial charge is 0.248 e. The van der Waals surface area contributed by atoms with Gasteiger partial charge in [-0.05, 0) is 51.5 Å². The molecular weight excluding hydrogens is 422 g/mol. The van der Waals surface area contributed by atoms with E-state index >= 15 is 0 Å². The van der Waals surface area contributed by atoms with E-state index in [1.54, 1.807) is 45.0 Å². The number of benzene rings is 1. The molecule has 1 aromatic heterocycles. The summed E-state index contributed by atoms with van der Waals surface area (Å²) in [6, 6.07) is 5.87. The van der Waals surface area contributed by atoms with Crippen molar-refractivity contribution >= 4 is 27.5 Å². The summed E-state index contributed by atoms with van der Waals surface area (Å²) in [5.74, 6) is -0.477. The van der Waals surface area contributed by atoms with Crippen molar-refractivity contribution in [2.24, 2.45) is 5.73 Å². The number of sulfonamides is 1. The number of amides is 2. The van der Waals surface area contributed by atoms with Gasteiger partial charge in [0.15, 0.2) is 5.76 Å². The monoisotopic (exact) mass is 449 g/mol. The van der Waals surface area contributed by atoms with Crippen molar-refractivity contribution in [2.45, 2.75) is 38.1 Å². The number of nitrogens with two attached hydrogens (primary N) is 1. The van der Waals surface area contributed by atoms with Crippen LogP contribution in [0.5, 0.6) is 0 Å². The van der Waals surface area contributed by atoms with Crippen LogP contribution < -0.4 is 11.1 Å². The van der Waals surface area contributed by atoms with E-state index < -0.39 is 22.0 Å². The van der Waals surface area contributed by atoms with Gasteiger partial charge in [0.2, 0.25) is 21.8 Å². The van der Waals surface area contributed by atoms with Crippen molar-refractivity contribution < 1.29 is 22.5 Å². The summed E-state index contributed by atoms with van der Waals surface area (Å²) in [7, 11) is -3.72. The number of nitrogens with one attached hydrogen (secondary N) is 1. The van der Waals surface area contributed by atoms with Crippen molar-refractivity contribution in [1.29, 1.82) is 0 Å². The molecule has 2 amide bonds. The molecule has 1 aromatic carbocycles. The summed E-state index contributed by atoms with van der Waals surface area (Å²) in [4.78, 5) is 25.9. The number of primary amides is 1. The molecule has 1 fully saturated rings. The minimum Gasteiger partial charge on any atom is -0.366 e. The lowest BCUT2D eigenvalue weighted by atomic mass is 10.2. The Kier molecular flexibility index (Phi) is 6.77. The Balaban J connectivity index is 1.64. The van der Waals surface area contributed by atoms with E-state index in [1.807, 2.05) is 4.90 Å². The zero-order valence-corrected chi connectivity index (χ0v) is 18.6. The maximum absolute atomic E-state index is 13.1. The van der Waals surface area contributed by atoms with Crippen molar-refractivity contribution in [3.63, 3.8) is 0 Å². The Morgan fingerprint density at radius 1 is 1.13 bits per heavy atom. The third kappa shape index (κ3) is 4.94. The van der Waals surface area contributed by atoms with Gasteiger partial charge in [0.25, 0.3) is 0 Å². The topological polar surface area (TPSA) is 139 Å². The van der Waals surface area contributed by atoms with E-state index in [4.69, 9.17) is 10.3 Å². The van der Waals surface area contributed by atoms with Crippen LogP contribution in [0.1, 0.15) is 35.2 Å². The summed E-state index contributed by atoms with van der Waals surface area (Å²) in [6.45, 7) is 6.59. The van der Waals surface area contributed by atoms with E-state index in [0.29, 0.717) is 43.0 Å². The Morgan fingerprint density at radius 2 is 1.81 bits per heavy atom. The third-order valence-electron chi connectivity index (χ3n) is 5.42. The number of nitrogens with zero attached hydrogens (tertiary/aromatic N) is 3. The van der Waals surface area contributed by atoms with E-state index in [2.05, 4.69) is 10.5 Å². The zero-order valence-electron chi connectivity index (χ0n) is 17.8. The molecule has 1 atom stereocenters. The van der Waals surface area contributed by atoms with Crippen LogP contribution in [0.3, 0.4) is 0 Å². The number of aryl methyl sites for hydroxylation is 2. The van der Waals surface area contributed by atoms with Gasteiger partial charge in [-0.1, -0.05) is 5.16 Å². The molecule has 31 heavy (non-hydrogen) atoms. The number of aromatic nitrogens is 1. The second-order valence-electron chi connectivity index (χ2n) is 7.55. The number of carbonyl (C=O) groups excluding carboxylic acids is 2. The lowest BCUT2D eigenvalue weighted by molar-refractivity contribution is -0.120. The van der Waals surface area contributed by atoms with Gasteiger partial charge in [-0.15, -0.1) is 0 Å². The molecule has 0 unspecified atom stereocenters. The Morgan fingerprint density at radius 3 is 2.39 bits per heavy atom. The summed E-state index contributed by atoms with van der Waals surface area (Å²) in [5.41, 5.74) is 6.48. The molecule has 0 aliphatic carbocycles. The molecule has 11 heteroatoms. The molecule has 10 nitrogen and oxygen atoms in total. The second kappa shape index (κ2) is 9.16. The maximum atomic E-state index is 13.1. The van der Waals surface area contributed by atoms with Crippen molar-refractivity contribution in [2.75, 3.05) is 31.5 Å². The zero-order chi connectivity index (χ0) is 22.8. The summed E-state index contributed by atoms with van der Waals surface area (Å²) < 4.78 is 32.6. The van der Waals surface area contributed by atoms with Crippen molar-refractivity contribution in [1.82, 2.24) is 14.4 Å². The van der Waals surface area contributed by atoms with Crippen LogP contribution in [0, 0.1) is 13.8 Å². The Hall–Kier alpha value is -2.76. The lowest BCUT2D eigenvalue weighted by Crippen LogP contribution is -2.44. The molecular formula is C20H27N5O5S. The van der Waals surface area contributed by atoms with Crippen LogP contribution in [-0.2, 0) is 14.8 Å². The fourth-order valence-electron chi connectivity index (χ4n) is 3.64. The van der Waals surface area contributed by atoms with Gasteiger partial charge in [-0.2, -0.15) is 4.31 Å². The SMILES string of the molecule is Cc1noc(C)c1S(=O)(=O)N1CCCN([C@@H](C)C(=O)Nc2ccc(C(N)=O)cc2)CC1. The quantitative estimate of drug-likeness (QED) is 0.673. The molecule has 2 aromatic rings. The maximum Gasteiger partial charge on any atom is 0.248 e. The van der Waals surface area contributed by atoms with Gasteiger partial charge in [0.05, 0.1) is 6.04 Å². The van der Waals surface area contributed by atoms with E-state index in [-0.39, 0.29) is 23.1 Å². The van der Waals surface area contributed by atoms with Gasteiger partial charge in [0, 0.05) is 37.4 Å². The molecule has 2 heterocycles. The van der Waals surface area contributed by atoms with Gasteiger partial charge >= 0.3 is 0 Å². The fourth-order valence-corrected chi connectivity index (χ4v) is 5.40. The predicted molar refractivity (Wildman–Crippen MR) is 114 cm³/mol. The van der Waals surface area contributed by atoms with Crippen molar-refractivity contribution in [3.05, 3.63) is 41.3 Å². The average Bonchev–Trinajstić information content (AvgIpc) is 2.92. The first-order valence-electron chi connectivity index (χ1n) is 9.99. The Bertz CT molecular complexity index is 1040. The number of anilines is 1. The molecule has 0 saturated carbocycles. The molecule has 1 aliphatic heterocycles. The van der Waals surface area contributed by atoms with Crippen LogP contribution in [0.2, 0.25) is 0 Å². The molecule has 3 rings (SSSR count). The molecule has 3 N–H and O–H groups in total. The summed E-state index contributed by atoms with van der Waals surface area (Å²) in [5, 5.41) is 6.57. The summed E-state index contributed by atoms with van der Waals surface area (Å²) >= 11 is 0. The first-order chi connectivity index (χ1) is 14.6. The van der Waals surface area contributed by atoms with Crippen LogP contribution in [0.15, 0.2) is 33.7 Å². The van der Waals surface area contributed by atoms with E-state index in [9.17, 15) is 18.0 Å². The van der Waals surface area contributed by atoms with Crippen LogP contribution in [-0.4, -0.2) is 66.8 Å². The minimum atomic E-state index is -3.72. The minimum absolute atomic E-state index is 0.117. The highest BCUT2D eigenvalue weighted by molar-refractivity contribution is 7.89. The van der Waals surface area contributed by atoms with E-state index in [1.165, 1.54) is 4.31 Å². The van der Waals surface area contributed by atoms with Gasteiger partial charge in [-0.25, -0.2) is 8.42 Å². The predicted octanol–water partition coefficient (Wildman–Crippen LogP) is 1.11. The lowest BCUT2D eigenvalue weighted by Gasteiger charge is -2.27. The molecule has 1 aliphatic rings. The standard InChI is InChI=1S/C20H27N5O5S/c1-13-18(15(3)30-23-13)31(28,29)25-10-4-9-24(11-12-25)14(2)20(27)22-17-7-5-16(6-8-17)19(21)26/h5-8,14H,4,9-12H2,1-3H3,(H2,21,26)(H,22,27)/t14-/m0/s1. The highest BCUT2D eigenvalue weighted by Gasteiger charge is 2.33. The number of hydrogen-bond donors (Lipinski definition) is 2. The number of carbonyl (C=O) groups is 2. The van der Waals surface area contributed by atoms with Gasteiger partial charge in [0.1, 0.15) is 10.6 Å². The van der Waals surface area contributed by atoms with Crippen molar-refractivity contribution in [3.8, 4) is 0 Å². The molecule has 0 spiro atoms. The molecule has 1 saturated heterocycles. The van der Waals surface area contributed by atoms with Crippen LogP contribution in [0.25, 0.3) is 0 Å². The first kappa shape index (κ1) is 22.9. The van der Waals surface area contributed by atoms with E-state index in [0.717, 1.165) is 0 Å². The number of hydrogen-bond acceptors (Lipinski definition) is 7. The number of rotatable bonds is 6. The Labute approximate surface area is 181 Å². The van der Waals surface area contributed by atoms with Gasteiger partial charge in [-0.3, -0.25) is 14.5 Å². The largest absolute Gasteiger partial charge is 0.366 e. The third-order valence-corrected chi connectivity index (χ3v) is 7.56. The highest BCUT2D eigenvalue weighted by atomic mass is 32.2. The van der Waals surface area contributed by atoms with Gasteiger partial charge < -0.3 is 15.6 Å². The highest BCUT2D eigenvalue weighted by Crippen LogP contribution is 2.24. The fraction of sp³-hybridized carbons (Fsp3) is 0.450. The molecule has 0 radical (unpaired) electrons. The summed E-state index contributed by atoms with van der Waals surface area (Å²) in [6.07, 6.45) is 0.591. The van der Waals surface area contributed by atoms with Crippen LogP contribution in [0.4, 0.5) is 5.69 Å². The van der Waals surface area contributed by atoms with Crippen LogP contribution >= 0.6 is 0 Å². The molecule has 0 bridgehead atoms. The second-order valence-corrected chi connectivity index (χ2v) is 9.43.